The topological polar surface area (TPSA) is 41.1 Å². The van der Waals surface area contributed by atoms with Gasteiger partial charge in [0.1, 0.15) is 0 Å². The second-order valence-corrected chi connectivity index (χ2v) is 6.11. The van der Waals surface area contributed by atoms with E-state index in [2.05, 4.69) is 33.2 Å². The maximum atomic E-state index is 11.7. The molecule has 2 heterocycles. The molecule has 6 heteroatoms. The maximum absolute atomic E-state index is 11.7. The monoisotopic (exact) mass is 358 g/mol. The molecule has 1 aliphatic heterocycles. The number of hydrogen-bond acceptors (Lipinski definition) is 3. The van der Waals surface area contributed by atoms with Crippen molar-refractivity contribution < 1.29 is 4.79 Å². The first-order valence-electron chi connectivity index (χ1n) is 4.51. The van der Waals surface area contributed by atoms with Gasteiger partial charge in [0.25, 0.3) is 5.91 Å². The van der Waals surface area contributed by atoms with E-state index in [1.807, 2.05) is 11.4 Å². The predicted octanol–water partition coefficient (Wildman–Crippen LogP) is 1.87. The van der Waals surface area contributed by atoms with Crippen LogP contribution in [0.1, 0.15) is 16.8 Å². The SMILES string of the molecule is Cl.O=C(NC1CCNC1)c1csc(I)c1. The number of nitrogens with one attached hydrogen (secondary N) is 2. The van der Waals surface area contributed by atoms with Gasteiger partial charge in [0.15, 0.2) is 0 Å². The quantitative estimate of drug-likeness (QED) is 0.793. The molecule has 0 spiro atoms. The van der Waals surface area contributed by atoms with Gasteiger partial charge in [-0.1, -0.05) is 0 Å². The summed E-state index contributed by atoms with van der Waals surface area (Å²) in [4.78, 5) is 11.7. The molecule has 1 aromatic heterocycles. The predicted molar refractivity (Wildman–Crippen MR) is 73.0 cm³/mol. The Kier molecular flexibility index (Phi) is 5.31. The molecule has 1 saturated heterocycles. The van der Waals surface area contributed by atoms with E-state index in [9.17, 15) is 4.79 Å². The van der Waals surface area contributed by atoms with Crippen LogP contribution < -0.4 is 10.6 Å². The average Bonchev–Trinajstić information content (AvgIpc) is 2.75. The van der Waals surface area contributed by atoms with Crippen LogP contribution in [-0.2, 0) is 0 Å². The van der Waals surface area contributed by atoms with Crippen LogP contribution in [0.25, 0.3) is 0 Å². The van der Waals surface area contributed by atoms with Crippen molar-refractivity contribution in [3.05, 3.63) is 19.9 Å². The lowest BCUT2D eigenvalue weighted by molar-refractivity contribution is 0.0940. The van der Waals surface area contributed by atoms with E-state index in [0.29, 0.717) is 6.04 Å². The summed E-state index contributed by atoms with van der Waals surface area (Å²) >= 11 is 3.83. The molecule has 0 aliphatic carbocycles. The van der Waals surface area contributed by atoms with Gasteiger partial charge in [0.05, 0.1) is 8.45 Å². The van der Waals surface area contributed by atoms with Crippen LogP contribution >= 0.6 is 46.3 Å². The Morgan fingerprint density at radius 1 is 1.67 bits per heavy atom. The minimum atomic E-state index is 0. The van der Waals surface area contributed by atoms with Gasteiger partial charge in [0, 0.05) is 18.0 Å². The molecule has 0 radical (unpaired) electrons. The summed E-state index contributed by atoms with van der Waals surface area (Å²) in [6, 6.07) is 2.23. The van der Waals surface area contributed by atoms with Crippen molar-refractivity contribution in [2.45, 2.75) is 12.5 Å². The molecule has 2 rings (SSSR count). The van der Waals surface area contributed by atoms with Gasteiger partial charge in [-0.05, 0) is 41.6 Å². The fourth-order valence-corrected chi connectivity index (χ4v) is 2.80. The van der Waals surface area contributed by atoms with Crippen LogP contribution in [0.2, 0.25) is 0 Å². The first kappa shape index (κ1) is 13.2. The Labute approximate surface area is 113 Å². The minimum Gasteiger partial charge on any atom is -0.348 e. The van der Waals surface area contributed by atoms with E-state index in [0.717, 1.165) is 28.0 Å². The van der Waals surface area contributed by atoms with Crippen LogP contribution in [0.15, 0.2) is 11.4 Å². The van der Waals surface area contributed by atoms with E-state index >= 15 is 0 Å². The standard InChI is InChI=1S/C9H11IN2OS.ClH/c10-8-3-6(5-14-8)9(13)12-7-1-2-11-4-7;/h3,5,7,11H,1-2,4H2,(H,12,13);1H. The Hall–Kier alpha value is 0.150. The van der Waals surface area contributed by atoms with Crippen molar-refractivity contribution >= 4 is 52.2 Å². The van der Waals surface area contributed by atoms with Crippen LogP contribution in [0, 0.1) is 2.88 Å². The van der Waals surface area contributed by atoms with Crippen LogP contribution in [0.4, 0.5) is 0 Å². The zero-order valence-electron chi connectivity index (χ0n) is 7.96. The van der Waals surface area contributed by atoms with Gasteiger partial charge >= 0.3 is 0 Å². The second kappa shape index (κ2) is 6.03. The Balaban J connectivity index is 0.00000112. The Bertz CT molecular complexity index is 339. The van der Waals surface area contributed by atoms with E-state index in [1.165, 1.54) is 0 Å². The van der Waals surface area contributed by atoms with E-state index < -0.39 is 0 Å². The lowest BCUT2D eigenvalue weighted by Gasteiger charge is -2.09. The van der Waals surface area contributed by atoms with Crippen molar-refractivity contribution in [1.29, 1.82) is 0 Å². The largest absolute Gasteiger partial charge is 0.348 e. The highest BCUT2D eigenvalue weighted by atomic mass is 127. The molecule has 1 fully saturated rings. The maximum Gasteiger partial charge on any atom is 0.252 e. The molecule has 1 aliphatic rings. The molecule has 1 amide bonds. The Morgan fingerprint density at radius 2 is 2.47 bits per heavy atom. The third kappa shape index (κ3) is 3.58. The third-order valence-corrected chi connectivity index (χ3v) is 4.01. The molecule has 0 saturated carbocycles. The van der Waals surface area contributed by atoms with Crippen LogP contribution in [0.5, 0.6) is 0 Å². The lowest BCUT2D eigenvalue weighted by atomic mass is 10.2. The van der Waals surface area contributed by atoms with Crippen LogP contribution in [-0.4, -0.2) is 25.0 Å². The Morgan fingerprint density at radius 3 is 3.00 bits per heavy atom. The lowest BCUT2D eigenvalue weighted by Crippen LogP contribution is -2.35. The van der Waals surface area contributed by atoms with Gasteiger partial charge in [-0.2, -0.15) is 0 Å². The first-order chi connectivity index (χ1) is 6.75. The van der Waals surface area contributed by atoms with Crippen molar-refractivity contribution in [3.63, 3.8) is 0 Å². The number of carbonyl (C=O) groups excluding carboxylic acids is 1. The van der Waals surface area contributed by atoms with E-state index in [-0.39, 0.29) is 18.3 Å². The van der Waals surface area contributed by atoms with Crippen molar-refractivity contribution in [1.82, 2.24) is 10.6 Å². The van der Waals surface area contributed by atoms with Gasteiger partial charge in [-0.25, -0.2) is 0 Å². The summed E-state index contributed by atoms with van der Waals surface area (Å²) in [6.45, 7) is 1.90. The molecule has 0 bridgehead atoms. The van der Waals surface area contributed by atoms with E-state index in [1.54, 1.807) is 11.3 Å². The highest BCUT2D eigenvalue weighted by Crippen LogP contribution is 2.16. The summed E-state index contributed by atoms with van der Waals surface area (Å²) in [7, 11) is 0. The normalized spacial score (nSPS) is 19.7. The molecular formula is C9H12ClIN2OS. The zero-order valence-corrected chi connectivity index (χ0v) is 11.7. The first-order valence-corrected chi connectivity index (χ1v) is 6.47. The fraction of sp³-hybridized carbons (Fsp3) is 0.444. The molecule has 1 aromatic rings. The van der Waals surface area contributed by atoms with Crippen molar-refractivity contribution in [2.75, 3.05) is 13.1 Å². The summed E-state index contributed by atoms with van der Waals surface area (Å²) in [5.41, 5.74) is 0.784. The van der Waals surface area contributed by atoms with Gasteiger partial charge in [-0.3, -0.25) is 4.79 Å². The number of amides is 1. The molecule has 1 atom stereocenters. The minimum absolute atomic E-state index is 0. The zero-order chi connectivity index (χ0) is 9.97. The fourth-order valence-electron chi connectivity index (χ4n) is 1.48. The molecule has 3 nitrogen and oxygen atoms in total. The number of hydrogen-bond donors (Lipinski definition) is 2. The van der Waals surface area contributed by atoms with Crippen molar-refractivity contribution in [3.8, 4) is 0 Å². The van der Waals surface area contributed by atoms with Crippen molar-refractivity contribution in [2.24, 2.45) is 0 Å². The summed E-state index contributed by atoms with van der Waals surface area (Å²) in [5.74, 6) is 0.0536. The van der Waals surface area contributed by atoms with Gasteiger partial charge in [-0.15, -0.1) is 23.7 Å². The summed E-state index contributed by atoms with van der Waals surface area (Å²) in [5, 5.41) is 8.13. The number of carbonyl (C=O) groups is 1. The number of rotatable bonds is 2. The average molecular weight is 359 g/mol. The highest BCUT2D eigenvalue weighted by Gasteiger charge is 2.17. The number of halogens is 2. The third-order valence-electron chi connectivity index (χ3n) is 2.23. The summed E-state index contributed by atoms with van der Waals surface area (Å²) < 4.78 is 1.15. The van der Waals surface area contributed by atoms with Gasteiger partial charge < -0.3 is 10.6 Å². The molecule has 2 N–H and O–H groups in total. The second-order valence-electron chi connectivity index (χ2n) is 3.30. The van der Waals surface area contributed by atoms with E-state index in [4.69, 9.17) is 0 Å². The molecule has 15 heavy (non-hydrogen) atoms. The summed E-state index contributed by atoms with van der Waals surface area (Å²) in [6.07, 6.45) is 1.03. The van der Waals surface area contributed by atoms with Crippen LogP contribution in [0.3, 0.4) is 0 Å². The molecule has 0 aromatic carbocycles. The molecule has 1 unspecified atom stereocenters. The highest BCUT2D eigenvalue weighted by molar-refractivity contribution is 14.1. The smallest absolute Gasteiger partial charge is 0.252 e. The molecular weight excluding hydrogens is 347 g/mol. The van der Waals surface area contributed by atoms with Gasteiger partial charge in [0.2, 0.25) is 0 Å². The number of thiophene rings is 1. The molecule has 84 valence electrons.